The van der Waals surface area contributed by atoms with Crippen LogP contribution in [-0.4, -0.2) is 41.7 Å². The van der Waals surface area contributed by atoms with Gasteiger partial charge in [-0.3, -0.25) is 4.79 Å². The zero-order chi connectivity index (χ0) is 15.3. The molecule has 110 valence electrons. The summed E-state index contributed by atoms with van der Waals surface area (Å²) in [4.78, 5) is 22.6. The predicted molar refractivity (Wildman–Crippen MR) is 67.9 cm³/mol. The second-order valence-electron chi connectivity index (χ2n) is 5.65. The molecule has 0 heterocycles. The smallest absolute Gasteiger partial charge is 0.330 e. The SMILES string of the molecule is C=CC(=O)OCC(C)(C)COC(=O)C(C)(C)C(O)O. The second-order valence-corrected chi connectivity index (χ2v) is 5.65. The Morgan fingerprint density at radius 3 is 2.05 bits per heavy atom. The molecular weight excluding hydrogens is 252 g/mol. The molecule has 0 aromatic rings. The molecule has 0 spiro atoms. The van der Waals surface area contributed by atoms with E-state index < -0.39 is 29.1 Å². The van der Waals surface area contributed by atoms with Gasteiger partial charge < -0.3 is 19.7 Å². The second kappa shape index (κ2) is 6.68. The summed E-state index contributed by atoms with van der Waals surface area (Å²) in [6.07, 6.45) is -0.755. The van der Waals surface area contributed by atoms with Gasteiger partial charge >= 0.3 is 11.9 Å². The van der Waals surface area contributed by atoms with Crippen LogP contribution in [0.2, 0.25) is 0 Å². The average molecular weight is 274 g/mol. The predicted octanol–water partition coefficient (Wildman–Crippen LogP) is 0.622. The van der Waals surface area contributed by atoms with Gasteiger partial charge in [-0.2, -0.15) is 0 Å². The van der Waals surface area contributed by atoms with Crippen molar-refractivity contribution in [2.75, 3.05) is 13.2 Å². The zero-order valence-electron chi connectivity index (χ0n) is 11.8. The number of rotatable bonds is 7. The number of aliphatic hydroxyl groups is 2. The molecule has 19 heavy (non-hydrogen) atoms. The van der Waals surface area contributed by atoms with Crippen molar-refractivity contribution in [1.82, 2.24) is 0 Å². The number of carbonyl (C=O) groups excluding carboxylic acids is 2. The number of esters is 2. The summed E-state index contributed by atoms with van der Waals surface area (Å²) in [5.41, 5.74) is -1.99. The van der Waals surface area contributed by atoms with Crippen molar-refractivity contribution in [3.63, 3.8) is 0 Å². The van der Waals surface area contributed by atoms with Crippen LogP contribution in [0.4, 0.5) is 0 Å². The fraction of sp³-hybridized carbons (Fsp3) is 0.692. The van der Waals surface area contributed by atoms with E-state index >= 15 is 0 Å². The minimum atomic E-state index is -1.80. The van der Waals surface area contributed by atoms with Gasteiger partial charge in [0, 0.05) is 11.5 Å². The van der Waals surface area contributed by atoms with Crippen molar-refractivity contribution in [2.24, 2.45) is 10.8 Å². The van der Waals surface area contributed by atoms with Crippen molar-refractivity contribution in [1.29, 1.82) is 0 Å². The lowest BCUT2D eigenvalue weighted by atomic mass is 9.92. The summed E-state index contributed by atoms with van der Waals surface area (Å²) in [5, 5.41) is 18.1. The van der Waals surface area contributed by atoms with Crippen LogP contribution in [0.3, 0.4) is 0 Å². The summed E-state index contributed by atoms with van der Waals surface area (Å²) < 4.78 is 9.90. The Morgan fingerprint density at radius 2 is 1.63 bits per heavy atom. The van der Waals surface area contributed by atoms with Gasteiger partial charge in [0.15, 0.2) is 6.29 Å². The fourth-order valence-electron chi connectivity index (χ4n) is 0.919. The van der Waals surface area contributed by atoms with E-state index in [2.05, 4.69) is 6.58 Å². The maximum atomic E-state index is 11.7. The van der Waals surface area contributed by atoms with E-state index in [1.54, 1.807) is 13.8 Å². The van der Waals surface area contributed by atoms with E-state index in [0.29, 0.717) is 0 Å². The third-order valence-corrected chi connectivity index (χ3v) is 2.54. The van der Waals surface area contributed by atoms with E-state index in [-0.39, 0.29) is 13.2 Å². The van der Waals surface area contributed by atoms with Crippen molar-refractivity contribution in [3.8, 4) is 0 Å². The summed E-state index contributed by atoms with van der Waals surface area (Å²) >= 11 is 0. The average Bonchev–Trinajstić information content (AvgIpc) is 2.32. The summed E-state index contributed by atoms with van der Waals surface area (Å²) in [6.45, 7) is 9.56. The quantitative estimate of drug-likeness (QED) is 0.401. The van der Waals surface area contributed by atoms with E-state index in [9.17, 15) is 9.59 Å². The van der Waals surface area contributed by atoms with Gasteiger partial charge in [0.1, 0.15) is 5.41 Å². The highest BCUT2D eigenvalue weighted by Crippen LogP contribution is 2.23. The van der Waals surface area contributed by atoms with Crippen LogP contribution < -0.4 is 0 Å². The summed E-state index contributed by atoms with van der Waals surface area (Å²) in [7, 11) is 0. The zero-order valence-corrected chi connectivity index (χ0v) is 11.8. The molecule has 0 aromatic carbocycles. The lowest BCUT2D eigenvalue weighted by Crippen LogP contribution is -2.40. The first-order chi connectivity index (χ1) is 8.53. The first kappa shape index (κ1) is 17.6. The highest BCUT2D eigenvalue weighted by molar-refractivity contribution is 5.81. The highest BCUT2D eigenvalue weighted by Gasteiger charge is 2.37. The first-order valence-electron chi connectivity index (χ1n) is 5.85. The normalized spacial score (nSPS) is 12.2. The van der Waals surface area contributed by atoms with E-state index in [1.807, 2.05) is 0 Å². The molecule has 0 aliphatic rings. The fourth-order valence-corrected chi connectivity index (χ4v) is 0.919. The van der Waals surface area contributed by atoms with Crippen LogP contribution in [0.5, 0.6) is 0 Å². The summed E-state index contributed by atoms with van der Waals surface area (Å²) in [6, 6.07) is 0. The lowest BCUT2D eigenvalue weighted by molar-refractivity contribution is -0.183. The minimum Gasteiger partial charge on any atom is -0.464 e. The van der Waals surface area contributed by atoms with Gasteiger partial charge in [-0.25, -0.2) is 4.79 Å². The van der Waals surface area contributed by atoms with Crippen molar-refractivity contribution >= 4 is 11.9 Å². The van der Waals surface area contributed by atoms with Crippen molar-refractivity contribution < 1.29 is 29.3 Å². The number of hydrogen-bond donors (Lipinski definition) is 2. The molecule has 0 saturated heterocycles. The number of hydrogen-bond acceptors (Lipinski definition) is 6. The van der Waals surface area contributed by atoms with Gasteiger partial charge in [-0.1, -0.05) is 20.4 Å². The Bertz CT molecular complexity index is 343. The summed E-state index contributed by atoms with van der Waals surface area (Å²) in [5.74, 6) is -1.28. The molecule has 0 amide bonds. The lowest BCUT2D eigenvalue weighted by Gasteiger charge is -2.28. The van der Waals surface area contributed by atoms with Gasteiger partial charge in [-0.15, -0.1) is 0 Å². The van der Waals surface area contributed by atoms with Crippen LogP contribution in [-0.2, 0) is 19.1 Å². The third-order valence-electron chi connectivity index (χ3n) is 2.54. The van der Waals surface area contributed by atoms with Crippen LogP contribution in [0.15, 0.2) is 12.7 Å². The van der Waals surface area contributed by atoms with Crippen molar-refractivity contribution in [3.05, 3.63) is 12.7 Å². The minimum absolute atomic E-state index is 0.00753. The molecular formula is C13H22O6. The molecule has 0 unspecified atom stereocenters. The van der Waals surface area contributed by atoms with E-state index in [4.69, 9.17) is 19.7 Å². The Labute approximate surface area is 113 Å². The van der Waals surface area contributed by atoms with Crippen LogP contribution in [0.25, 0.3) is 0 Å². The standard InChI is InChI=1S/C13H22O6/c1-6-9(14)18-7-12(2,3)8-19-11(17)13(4,5)10(15)16/h6,10,15-16H,1,7-8H2,2-5H3. The molecule has 0 fully saturated rings. The molecule has 0 saturated carbocycles. The molecule has 6 nitrogen and oxygen atoms in total. The van der Waals surface area contributed by atoms with E-state index in [1.165, 1.54) is 13.8 Å². The molecule has 0 bridgehead atoms. The first-order valence-corrected chi connectivity index (χ1v) is 5.85. The maximum absolute atomic E-state index is 11.7. The van der Waals surface area contributed by atoms with Gasteiger partial charge in [0.05, 0.1) is 13.2 Å². The van der Waals surface area contributed by atoms with Crippen LogP contribution >= 0.6 is 0 Å². The molecule has 0 aromatic heterocycles. The maximum Gasteiger partial charge on any atom is 0.330 e. The molecule has 2 N–H and O–H groups in total. The van der Waals surface area contributed by atoms with E-state index in [0.717, 1.165) is 6.08 Å². The number of ether oxygens (including phenoxy) is 2. The Kier molecular flexibility index (Phi) is 6.18. The topological polar surface area (TPSA) is 93.1 Å². The molecule has 0 rings (SSSR count). The molecule has 6 heteroatoms. The Morgan fingerprint density at radius 1 is 1.16 bits per heavy atom. The monoisotopic (exact) mass is 274 g/mol. The Balaban J connectivity index is 4.34. The van der Waals surface area contributed by atoms with Gasteiger partial charge in [0.25, 0.3) is 0 Å². The van der Waals surface area contributed by atoms with Crippen LogP contribution in [0, 0.1) is 10.8 Å². The van der Waals surface area contributed by atoms with Gasteiger partial charge in [0.2, 0.25) is 0 Å². The highest BCUT2D eigenvalue weighted by atomic mass is 16.6. The Hall–Kier alpha value is -1.40. The molecule has 0 radical (unpaired) electrons. The van der Waals surface area contributed by atoms with Crippen LogP contribution in [0.1, 0.15) is 27.7 Å². The number of carbonyl (C=O) groups is 2. The van der Waals surface area contributed by atoms with Gasteiger partial charge in [-0.05, 0) is 13.8 Å². The molecule has 0 aliphatic carbocycles. The third kappa shape index (κ3) is 5.85. The molecule has 0 atom stereocenters. The largest absolute Gasteiger partial charge is 0.464 e. The number of aliphatic hydroxyl groups excluding tert-OH is 1. The molecule has 0 aliphatic heterocycles. The van der Waals surface area contributed by atoms with Crippen molar-refractivity contribution in [2.45, 2.75) is 34.0 Å².